The summed E-state index contributed by atoms with van der Waals surface area (Å²) in [6.45, 7) is 4.81. The molecule has 1 fully saturated rings. The van der Waals surface area contributed by atoms with E-state index in [0.29, 0.717) is 39.7 Å². The highest BCUT2D eigenvalue weighted by molar-refractivity contribution is 6.34. The zero-order valence-corrected chi connectivity index (χ0v) is 29.2. The lowest BCUT2D eigenvalue weighted by Gasteiger charge is -2.26. The lowest BCUT2D eigenvalue weighted by atomic mass is 10.0. The number of aliphatic carboxylic acids is 1. The molecule has 0 spiro atoms. The number of nitrogens with one attached hydrogen (secondary N) is 1. The molecule has 0 unspecified atom stereocenters. The molecule has 4 aromatic carbocycles. The Bertz CT molecular complexity index is 1930. The largest absolute Gasteiger partial charge is 0.494 e. The topological polar surface area (TPSA) is 149 Å². The van der Waals surface area contributed by atoms with Gasteiger partial charge in [0.1, 0.15) is 47.5 Å². The Kier molecular flexibility index (Phi) is 12.6. The Morgan fingerprint density at radius 2 is 1.71 bits per heavy atom. The summed E-state index contributed by atoms with van der Waals surface area (Å²) in [5.74, 6) is 0.340. The van der Waals surface area contributed by atoms with Crippen molar-refractivity contribution in [3.05, 3.63) is 99.5 Å². The fraction of sp³-hybridized carbons (Fsp3) is 0.324. The van der Waals surface area contributed by atoms with Crippen molar-refractivity contribution in [2.45, 2.75) is 32.2 Å². The number of aliphatic hydroxyl groups is 1. The van der Waals surface area contributed by atoms with Crippen LogP contribution in [-0.4, -0.2) is 83.5 Å². The van der Waals surface area contributed by atoms with Gasteiger partial charge in [-0.2, -0.15) is 0 Å². The average molecular weight is 738 g/mol. The van der Waals surface area contributed by atoms with Gasteiger partial charge in [0.25, 0.3) is 0 Å². The third-order valence-electron chi connectivity index (χ3n) is 8.45. The molecule has 1 aliphatic rings. The number of ether oxygens (including phenoxy) is 4. The van der Waals surface area contributed by atoms with Crippen LogP contribution in [0.1, 0.15) is 23.1 Å². The normalized spacial score (nSPS) is 14.0. The molecule has 14 heteroatoms. The number of fused-ring (bicyclic) bond motifs is 1. The highest BCUT2D eigenvalue weighted by Gasteiger charge is 2.19. The second-order valence-electron chi connectivity index (χ2n) is 12.0. The third kappa shape index (κ3) is 9.67. The number of hydrogen-bond donors (Lipinski definition) is 3. The summed E-state index contributed by atoms with van der Waals surface area (Å²) in [4.78, 5) is 13.9. The molecule has 0 amide bonds. The molecule has 12 nitrogen and oxygen atoms in total. The van der Waals surface area contributed by atoms with E-state index >= 15 is 0 Å². The SMILES string of the molecule is O=C(O)[C@@H](CO)NCc1cc(Cl)c(OCc2cccc(-c3cccc(OCCCN4CCOCC4)c3)c2Cl)cc1OCc1ccc2nonc2c1. The van der Waals surface area contributed by atoms with Crippen LogP contribution in [0.15, 0.2) is 77.4 Å². The van der Waals surface area contributed by atoms with Crippen LogP contribution in [0, 0.1) is 0 Å². The molecule has 268 valence electrons. The van der Waals surface area contributed by atoms with E-state index in [4.69, 9.17) is 46.8 Å². The van der Waals surface area contributed by atoms with Crippen LogP contribution in [0.25, 0.3) is 22.2 Å². The number of carbonyl (C=O) groups is 1. The Morgan fingerprint density at radius 3 is 2.53 bits per heavy atom. The molecule has 1 aromatic heterocycles. The van der Waals surface area contributed by atoms with Gasteiger partial charge in [-0.3, -0.25) is 15.0 Å². The highest BCUT2D eigenvalue weighted by atomic mass is 35.5. The smallest absolute Gasteiger partial charge is 0.323 e. The number of benzene rings is 4. The first-order valence-electron chi connectivity index (χ1n) is 16.5. The molecule has 6 rings (SSSR count). The summed E-state index contributed by atoms with van der Waals surface area (Å²) in [5, 5.41) is 30.2. The van der Waals surface area contributed by atoms with Gasteiger partial charge in [0.15, 0.2) is 0 Å². The summed E-state index contributed by atoms with van der Waals surface area (Å²) in [6.07, 6.45) is 0.923. The minimum absolute atomic E-state index is 0.0592. The van der Waals surface area contributed by atoms with Crippen molar-refractivity contribution in [3.8, 4) is 28.4 Å². The molecule has 1 atom stereocenters. The fourth-order valence-corrected chi connectivity index (χ4v) is 6.16. The van der Waals surface area contributed by atoms with Crippen LogP contribution in [0.4, 0.5) is 0 Å². The van der Waals surface area contributed by atoms with Crippen LogP contribution < -0.4 is 19.5 Å². The molecule has 51 heavy (non-hydrogen) atoms. The van der Waals surface area contributed by atoms with Crippen molar-refractivity contribution in [2.24, 2.45) is 0 Å². The van der Waals surface area contributed by atoms with E-state index in [1.54, 1.807) is 24.3 Å². The maximum absolute atomic E-state index is 11.5. The number of aromatic nitrogens is 2. The maximum atomic E-state index is 11.5. The number of nitrogens with zero attached hydrogens (tertiary/aromatic N) is 3. The zero-order valence-electron chi connectivity index (χ0n) is 27.7. The van der Waals surface area contributed by atoms with Crippen molar-refractivity contribution in [3.63, 3.8) is 0 Å². The molecule has 1 aliphatic heterocycles. The monoisotopic (exact) mass is 736 g/mol. The Labute approximate surface area is 304 Å². The second kappa shape index (κ2) is 17.7. The van der Waals surface area contributed by atoms with E-state index in [2.05, 4.69) is 20.5 Å². The number of carboxylic acids is 1. The summed E-state index contributed by atoms with van der Waals surface area (Å²) < 4.78 is 28.7. The average Bonchev–Trinajstić information content (AvgIpc) is 3.62. The minimum atomic E-state index is -1.18. The van der Waals surface area contributed by atoms with Crippen molar-refractivity contribution >= 4 is 40.2 Å². The molecular weight excluding hydrogens is 699 g/mol. The van der Waals surface area contributed by atoms with Gasteiger partial charge >= 0.3 is 5.97 Å². The van der Waals surface area contributed by atoms with E-state index in [1.165, 1.54) is 0 Å². The lowest BCUT2D eigenvalue weighted by molar-refractivity contribution is -0.140. The minimum Gasteiger partial charge on any atom is -0.494 e. The molecule has 0 bridgehead atoms. The number of halogens is 2. The van der Waals surface area contributed by atoms with Gasteiger partial charge < -0.3 is 29.2 Å². The number of aliphatic hydroxyl groups excluding tert-OH is 1. The van der Waals surface area contributed by atoms with Gasteiger partial charge in [-0.25, -0.2) is 4.63 Å². The van der Waals surface area contributed by atoms with Crippen LogP contribution >= 0.6 is 23.2 Å². The molecule has 3 N–H and O–H groups in total. The van der Waals surface area contributed by atoms with Crippen molar-refractivity contribution in [1.82, 2.24) is 20.5 Å². The van der Waals surface area contributed by atoms with Crippen molar-refractivity contribution < 1.29 is 38.6 Å². The van der Waals surface area contributed by atoms with Gasteiger partial charge in [0.2, 0.25) is 0 Å². The lowest BCUT2D eigenvalue weighted by Crippen LogP contribution is -2.39. The number of morpholine rings is 1. The number of hydrogen-bond acceptors (Lipinski definition) is 11. The predicted molar refractivity (Wildman–Crippen MR) is 192 cm³/mol. The van der Waals surface area contributed by atoms with Crippen LogP contribution in [0.5, 0.6) is 17.2 Å². The van der Waals surface area contributed by atoms with Gasteiger partial charge in [0, 0.05) is 48.9 Å². The standard InChI is InChI=1S/C37H38Cl2N4O8/c38-30-18-27(20-40-33(21-44)37(45)46)34(49-22-24-8-9-31-32(16-24)42-51-41-31)19-35(30)50-23-26-5-2-7-29(36(26)39)25-4-1-6-28(17-25)48-13-3-10-43-11-14-47-15-12-43/h1-2,4-9,16-19,33,40,44H,3,10-15,20-23H2,(H,45,46)/t33-/m1/s1. The molecule has 2 heterocycles. The number of carboxylic acid groups (broad SMARTS) is 1. The van der Waals surface area contributed by atoms with Crippen molar-refractivity contribution in [1.29, 1.82) is 0 Å². The van der Waals surface area contributed by atoms with Crippen molar-refractivity contribution in [2.75, 3.05) is 46.1 Å². The number of rotatable bonds is 17. The summed E-state index contributed by atoms with van der Waals surface area (Å²) in [7, 11) is 0. The first-order chi connectivity index (χ1) is 24.9. The quantitative estimate of drug-likeness (QED) is 0.0963. The fourth-order valence-electron chi connectivity index (χ4n) is 5.63. The van der Waals surface area contributed by atoms with E-state index in [9.17, 15) is 15.0 Å². The predicted octanol–water partition coefficient (Wildman–Crippen LogP) is 5.99. The third-order valence-corrected chi connectivity index (χ3v) is 9.19. The first kappa shape index (κ1) is 36.4. The maximum Gasteiger partial charge on any atom is 0.323 e. The second-order valence-corrected chi connectivity index (χ2v) is 12.8. The van der Waals surface area contributed by atoms with Gasteiger partial charge in [-0.15, -0.1) is 0 Å². The molecule has 0 aliphatic carbocycles. The summed E-state index contributed by atoms with van der Waals surface area (Å²) in [5.41, 5.74) is 5.08. The van der Waals surface area contributed by atoms with Gasteiger partial charge in [-0.05, 0) is 58.2 Å². The van der Waals surface area contributed by atoms with E-state index in [1.807, 2.05) is 48.5 Å². The molecule has 0 radical (unpaired) electrons. The molecular formula is C37H38Cl2N4O8. The van der Waals surface area contributed by atoms with E-state index < -0.39 is 18.6 Å². The van der Waals surface area contributed by atoms with Crippen LogP contribution in [0.3, 0.4) is 0 Å². The summed E-state index contributed by atoms with van der Waals surface area (Å²) >= 11 is 13.6. The zero-order chi connectivity index (χ0) is 35.6. The van der Waals surface area contributed by atoms with Gasteiger partial charge in [0.05, 0.1) is 36.5 Å². The molecule has 0 saturated carbocycles. The Balaban J connectivity index is 1.14. The molecule has 1 saturated heterocycles. The first-order valence-corrected chi connectivity index (χ1v) is 17.3. The Hall–Kier alpha value is -4.43. The van der Waals surface area contributed by atoms with E-state index in [0.717, 1.165) is 67.3 Å². The van der Waals surface area contributed by atoms with Gasteiger partial charge in [-0.1, -0.05) is 59.6 Å². The van der Waals surface area contributed by atoms with E-state index in [-0.39, 0.29) is 24.8 Å². The Morgan fingerprint density at radius 1 is 0.902 bits per heavy atom. The van der Waals surface area contributed by atoms with Crippen LogP contribution in [0.2, 0.25) is 10.0 Å². The van der Waals surface area contributed by atoms with Crippen LogP contribution in [-0.2, 0) is 29.3 Å². The summed E-state index contributed by atoms with van der Waals surface area (Å²) in [6, 6.07) is 21.2. The molecule has 5 aromatic rings. The highest BCUT2D eigenvalue weighted by Crippen LogP contribution is 2.36.